The molecule has 0 radical (unpaired) electrons. The molecule has 2 rings (SSSR count). The van der Waals surface area contributed by atoms with Crippen LogP contribution in [0.5, 0.6) is 0 Å². The fourth-order valence-electron chi connectivity index (χ4n) is 1.88. The maximum atomic E-state index is 7.24. The maximum Gasteiger partial charge on any atom is 0.291 e. The second-order valence-corrected chi connectivity index (χ2v) is 3.49. The highest BCUT2D eigenvalue weighted by Crippen LogP contribution is 2.21. The van der Waals surface area contributed by atoms with Crippen LogP contribution in [0.1, 0.15) is 32.1 Å². The summed E-state index contributed by atoms with van der Waals surface area (Å²) in [7, 11) is 0. The average Bonchev–Trinajstić information content (AvgIpc) is 2.54. The van der Waals surface area contributed by atoms with E-state index in [4.69, 9.17) is 10.2 Å². The van der Waals surface area contributed by atoms with Crippen LogP contribution in [0, 0.1) is 5.41 Å². The summed E-state index contributed by atoms with van der Waals surface area (Å²) in [4.78, 5) is 4.75. The van der Waals surface area contributed by atoms with Crippen molar-refractivity contribution in [1.29, 1.82) is 5.41 Å². The van der Waals surface area contributed by atoms with Gasteiger partial charge in [-0.15, -0.1) is 0 Å². The molecule has 1 N–H and O–H groups in total. The molecule has 12 heavy (non-hydrogen) atoms. The van der Waals surface area contributed by atoms with Gasteiger partial charge in [0.1, 0.15) is 0 Å². The normalized spacial score (nSPS) is 25.3. The van der Waals surface area contributed by atoms with Crippen LogP contribution in [-0.4, -0.2) is 23.2 Å². The lowest BCUT2D eigenvalue weighted by atomic mass is 9.95. The van der Waals surface area contributed by atoms with E-state index in [-0.39, 0.29) is 5.90 Å². The molecule has 1 fully saturated rings. The molecule has 0 amide bonds. The van der Waals surface area contributed by atoms with Crippen molar-refractivity contribution in [2.24, 2.45) is 5.28 Å². The van der Waals surface area contributed by atoms with Crippen LogP contribution in [0.25, 0.3) is 0 Å². The molecule has 66 valence electrons. The van der Waals surface area contributed by atoms with Gasteiger partial charge in [0.2, 0.25) is 6.54 Å². The molecule has 4 nitrogen and oxygen atoms in total. The van der Waals surface area contributed by atoms with E-state index < -0.39 is 0 Å². The van der Waals surface area contributed by atoms with Crippen LogP contribution in [0.4, 0.5) is 0 Å². The first-order valence-corrected chi connectivity index (χ1v) is 4.58. The van der Waals surface area contributed by atoms with Gasteiger partial charge in [0.15, 0.2) is 11.3 Å². The third kappa shape index (κ3) is 1.47. The summed E-state index contributed by atoms with van der Waals surface area (Å²) >= 11 is 0. The fourth-order valence-corrected chi connectivity index (χ4v) is 1.88. The Bertz CT molecular complexity index is 218. The molecule has 0 atom stereocenters. The number of rotatable bonds is 1. The van der Waals surface area contributed by atoms with E-state index in [1.54, 1.807) is 0 Å². The van der Waals surface area contributed by atoms with Gasteiger partial charge in [-0.25, -0.2) is 0 Å². The van der Waals surface area contributed by atoms with Crippen LogP contribution in [0.15, 0.2) is 5.28 Å². The summed E-state index contributed by atoms with van der Waals surface area (Å²) in [6.45, 7) is 0.574. The highest BCUT2D eigenvalue weighted by molar-refractivity contribution is 5.73. The van der Waals surface area contributed by atoms with Gasteiger partial charge in [-0.3, -0.25) is 10.2 Å². The highest BCUT2D eigenvalue weighted by Gasteiger charge is 2.31. The van der Waals surface area contributed by atoms with Crippen molar-refractivity contribution in [3.05, 3.63) is 0 Å². The molecule has 0 bridgehead atoms. The number of nitrogens with one attached hydrogen (secondary N) is 1. The second kappa shape index (κ2) is 3.21. The minimum atomic E-state index is 0.278. The van der Waals surface area contributed by atoms with Crippen LogP contribution < -0.4 is 0 Å². The predicted octanol–water partition coefficient (Wildman–Crippen LogP) is 1.71. The largest absolute Gasteiger partial charge is 0.291 e. The molecule has 1 aliphatic heterocycles. The van der Waals surface area contributed by atoms with Crippen molar-refractivity contribution in [2.75, 3.05) is 6.54 Å². The number of hydrogen-bond acceptors (Lipinski definition) is 3. The Kier molecular flexibility index (Phi) is 2.06. The SMILES string of the molecule is N=C1C[N+](C2CCCCC2)=NO1. The molecule has 0 spiro atoms. The van der Waals surface area contributed by atoms with E-state index >= 15 is 0 Å². The molecule has 0 aromatic rings. The van der Waals surface area contributed by atoms with Crippen molar-refractivity contribution in [3.8, 4) is 0 Å². The zero-order valence-corrected chi connectivity index (χ0v) is 7.12. The second-order valence-electron chi connectivity index (χ2n) is 3.49. The van der Waals surface area contributed by atoms with Crippen molar-refractivity contribution in [3.63, 3.8) is 0 Å². The van der Waals surface area contributed by atoms with Gasteiger partial charge in [-0.05, 0) is 12.8 Å². The third-order valence-electron chi connectivity index (χ3n) is 2.56. The first kappa shape index (κ1) is 7.71. The number of hydrogen-bond donors (Lipinski definition) is 1. The average molecular weight is 168 g/mol. The summed E-state index contributed by atoms with van der Waals surface area (Å²) in [6, 6.07) is 0.529. The number of nitrogens with zero attached hydrogens (tertiary/aromatic N) is 2. The lowest BCUT2D eigenvalue weighted by Crippen LogP contribution is -2.27. The summed E-state index contributed by atoms with van der Waals surface area (Å²) in [6.07, 6.45) is 6.36. The predicted molar refractivity (Wildman–Crippen MR) is 43.2 cm³/mol. The Morgan fingerprint density at radius 1 is 1.33 bits per heavy atom. The Labute approximate surface area is 71.7 Å². The monoisotopic (exact) mass is 168 g/mol. The smallest absolute Gasteiger partial charge is 0.285 e. The first-order valence-electron chi connectivity index (χ1n) is 4.58. The fraction of sp³-hybridized carbons (Fsp3) is 0.875. The summed E-state index contributed by atoms with van der Waals surface area (Å²) in [5.74, 6) is 0.278. The third-order valence-corrected chi connectivity index (χ3v) is 2.56. The van der Waals surface area contributed by atoms with Crippen LogP contribution in [-0.2, 0) is 4.84 Å². The van der Waals surface area contributed by atoms with E-state index in [1.165, 1.54) is 32.1 Å². The zero-order chi connectivity index (χ0) is 8.39. The van der Waals surface area contributed by atoms with Crippen molar-refractivity contribution < 1.29 is 9.53 Å². The van der Waals surface area contributed by atoms with Gasteiger partial charge in [0.05, 0.1) is 0 Å². The first-order chi connectivity index (χ1) is 5.86. The molecule has 0 saturated heterocycles. The van der Waals surface area contributed by atoms with Gasteiger partial charge in [-0.1, -0.05) is 11.1 Å². The Morgan fingerprint density at radius 3 is 2.67 bits per heavy atom. The molecule has 2 aliphatic rings. The molecule has 0 aromatic heterocycles. The summed E-state index contributed by atoms with van der Waals surface area (Å²) in [5, 5.41) is 11.1. The zero-order valence-electron chi connectivity index (χ0n) is 7.12. The molecular formula is C8H14N3O+. The molecule has 4 heteroatoms. The Morgan fingerprint density at radius 2 is 2.08 bits per heavy atom. The molecule has 1 saturated carbocycles. The Hall–Kier alpha value is -0.930. The summed E-state index contributed by atoms with van der Waals surface area (Å²) in [5.41, 5.74) is 0. The van der Waals surface area contributed by atoms with Crippen LogP contribution in [0.2, 0.25) is 0 Å². The van der Waals surface area contributed by atoms with E-state index in [0.29, 0.717) is 12.6 Å². The van der Waals surface area contributed by atoms with Gasteiger partial charge in [0, 0.05) is 12.8 Å². The molecule has 0 aromatic carbocycles. The molecule has 0 unspecified atom stereocenters. The molecule has 1 heterocycles. The molecular weight excluding hydrogens is 154 g/mol. The van der Waals surface area contributed by atoms with Crippen molar-refractivity contribution in [2.45, 2.75) is 38.1 Å². The quantitative estimate of drug-likeness (QED) is 0.595. The minimum absolute atomic E-state index is 0.278. The Balaban J connectivity index is 1.95. The highest BCUT2D eigenvalue weighted by atomic mass is 16.7. The van der Waals surface area contributed by atoms with Gasteiger partial charge in [-0.2, -0.15) is 0 Å². The van der Waals surface area contributed by atoms with Gasteiger partial charge < -0.3 is 0 Å². The lowest BCUT2D eigenvalue weighted by molar-refractivity contribution is -0.623. The topological polar surface area (TPSA) is 48.5 Å². The standard InChI is InChI=1S/C8H14N3O/c9-8-6-11(10-12-8)7-4-2-1-3-5-7/h7,9H,1-6H2/q+1. The lowest BCUT2D eigenvalue weighted by Gasteiger charge is -2.14. The van der Waals surface area contributed by atoms with E-state index in [0.717, 1.165) is 0 Å². The van der Waals surface area contributed by atoms with Gasteiger partial charge in [0.25, 0.3) is 5.90 Å². The summed E-state index contributed by atoms with van der Waals surface area (Å²) < 4.78 is 1.92. The van der Waals surface area contributed by atoms with Gasteiger partial charge >= 0.3 is 0 Å². The minimum Gasteiger partial charge on any atom is -0.285 e. The van der Waals surface area contributed by atoms with Crippen molar-refractivity contribution in [1.82, 2.24) is 0 Å². The van der Waals surface area contributed by atoms with E-state index in [9.17, 15) is 0 Å². The van der Waals surface area contributed by atoms with Crippen LogP contribution >= 0.6 is 0 Å². The van der Waals surface area contributed by atoms with Crippen LogP contribution in [0.3, 0.4) is 0 Å². The maximum absolute atomic E-state index is 7.24. The van der Waals surface area contributed by atoms with E-state index in [1.807, 2.05) is 4.70 Å². The molecule has 1 aliphatic carbocycles. The van der Waals surface area contributed by atoms with E-state index in [2.05, 4.69) is 5.28 Å². The van der Waals surface area contributed by atoms with Crippen molar-refractivity contribution >= 4 is 5.90 Å².